The van der Waals surface area contributed by atoms with Crippen molar-refractivity contribution in [1.82, 2.24) is 5.32 Å². The summed E-state index contributed by atoms with van der Waals surface area (Å²) in [6, 6.07) is 3.14. The number of carbonyl (C=O) groups excluding carboxylic acids is 1. The SMILES string of the molecule is CC(C)(CCl)C(=O)NC(CC(=O)O)c1cccs1. The zero-order valence-electron chi connectivity index (χ0n) is 10.3. The van der Waals surface area contributed by atoms with Gasteiger partial charge in [0.15, 0.2) is 0 Å². The molecule has 1 unspecified atom stereocenters. The van der Waals surface area contributed by atoms with Crippen molar-refractivity contribution < 1.29 is 14.7 Å². The van der Waals surface area contributed by atoms with E-state index in [1.165, 1.54) is 11.3 Å². The number of halogens is 1. The number of amides is 1. The molecular weight excluding hydrogens is 274 g/mol. The summed E-state index contributed by atoms with van der Waals surface area (Å²) in [6.07, 6.45) is -0.134. The van der Waals surface area contributed by atoms with Gasteiger partial charge >= 0.3 is 5.97 Å². The van der Waals surface area contributed by atoms with Gasteiger partial charge in [-0.25, -0.2) is 0 Å². The molecule has 0 aliphatic carbocycles. The quantitative estimate of drug-likeness (QED) is 0.791. The summed E-state index contributed by atoms with van der Waals surface area (Å²) in [6.45, 7) is 3.45. The minimum atomic E-state index is -0.947. The first-order chi connectivity index (χ1) is 8.36. The molecule has 1 rings (SSSR count). The Labute approximate surface area is 115 Å². The van der Waals surface area contributed by atoms with Crippen LogP contribution < -0.4 is 5.32 Å². The van der Waals surface area contributed by atoms with E-state index in [9.17, 15) is 9.59 Å². The van der Waals surface area contributed by atoms with Crippen molar-refractivity contribution in [2.45, 2.75) is 26.3 Å². The van der Waals surface area contributed by atoms with Gasteiger partial charge in [-0.05, 0) is 25.3 Å². The van der Waals surface area contributed by atoms with Gasteiger partial charge in [-0.1, -0.05) is 6.07 Å². The van der Waals surface area contributed by atoms with Gasteiger partial charge in [-0.3, -0.25) is 9.59 Å². The second-order valence-electron chi connectivity index (χ2n) is 4.66. The predicted octanol–water partition coefficient (Wildman–Crippen LogP) is 2.65. The standard InChI is InChI=1S/C12H16ClNO3S/c1-12(2,7-13)11(17)14-8(6-10(15)16)9-4-3-5-18-9/h3-5,8H,6-7H2,1-2H3,(H,14,17)(H,15,16). The minimum Gasteiger partial charge on any atom is -0.481 e. The van der Waals surface area contributed by atoms with E-state index >= 15 is 0 Å². The van der Waals surface area contributed by atoms with Gasteiger partial charge in [0.25, 0.3) is 0 Å². The zero-order chi connectivity index (χ0) is 13.8. The third-order valence-corrected chi connectivity index (χ3v) is 4.17. The topological polar surface area (TPSA) is 66.4 Å². The fourth-order valence-corrected chi connectivity index (χ4v) is 2.20. The van der Waals surface area contributed by atoms with Crippen molar-refractivity contribution in [2.24, 2.45) is 5.41 Å². The molecule has 4 nitrogen and oxygen atoms in total. The summed E-state index contributed by atoms with van der Waals surface area (Å²) in [7, 11) is 0. The van der Waals surface area contributed by atoms with Crippen LogP contribution in [0.3, 0.4) is 0 Å². The van der Waals surface area contributed by atoms with E-state index < -0.39 is 17.4 Å². The Bertz CT molecular complexity index is 417. The molecule has 0 aliphatic heterocycles. The van der Waals surface area contributed by atoms with E-state index in [4.69, 9.17) is 16.7 Å². The molecule has 100 valence electrons. The second-order valence-corrected chi connectivity index (χ2v) is 5.90. The summed E-state index contributed by atoms with van der Waals surface area (Å²) in [4.78, 5) is 23.7. The molecule has 1 amide bonds. The van der Waals surface area contributed by atoms with Crippen LogP contribution in [0.2, 0.25) is 0 Å². The molecule has 0 saturated heterocycles. The van der Waals surface area contributed by atoms with E-state index in [-0.39, 0.29) is 18.2 Å². The van der Waals surface area contributed by atoms with Crippen molar-refractivity contribution in [3.63, 3.8) is 0 Å². The fourth-order valence-electron chi connectivity index (χ4n) is 1.30. The lowest BCUT2D eigenvalue weighted by molar-refractivity contribution is -0.138. The number of carboxylic acids is 1. The highest BCUT2D eigenvalue weighted by atomic mass is 35.5. The maximum absolute atomic E-state index is 12.0. The molecule has 1 atom stereocenters. The fraction of sp³-hybridized carbons (Fsp3) is 0.500. The number of nitrogens with one attached hydrogen (secondary N) is 1. The first-order valence-corrected chi connectivity index (χ1v) is 6.90. The number of rotatable bonds is 6. The number of alkyl halides is 1. The Morgan fingerprint density at radius 1 is 1.56 bits per heavy atom. The van der Waals surface area contributed by atoms with Crippen LogP contribution in [0, 0.1) is 5.41 Å². The molecule has 0 bridgehead atoms. The van der Waals surface area contributed by atoms with Crippen LogP contribution in [-0.2, 0) is 9.59 Å². The lowest BCUT2D eigenvalue weighted by Gasteiger charge is -2.24. The molecule has 0 aliphatic rings. The number of aliphatic carboxylic acids is 1. The van der Waals surface area contributed by atoms with Crippen molar-refractivity contribution >= 4 is 34.8 Å². The molecule has 0 aromatic carbocycles. The lowest BCUT2D eigenvalue weighted by atomic mass is 9.94. The normalized spacial score (nSPS) is 13.1. The predicted molar refractivity (Wildman–Crippen MR) is 72.0 cm³/mol. The molecule has 0 radical (unpaired) electrons. The molecule has 0 fully saturated rings. The van der Waals surface area contributed by atoms with Crippen LogP contribution in [-0.4, -0.2) is 22.9 Å². The van der Waals surface area contributed by atoms with Crippen LogP contribution in [0.15, 0.2) is 17.5 Å². The first kappa shape index (κ1) is 15.0. The van der Waals surface area contributed by atoms with Crippen LogP contribution >= 0.6 is 22.9 Å². The minimum absolute atomic E-state index is 0.134. The third kappa shape index (κ3) is 3.99. The van der Waals surface area contributed by atoms with E-state index in [2.05, 4.69) is 5.32 Å². The molecule has 18 heavy (non-hydrogen) atoms. The van der Waals surface area contributed by atoms with Crippen LogP contribution in [0.5, 0.6) is 0 Å². The van der Waals surface area contributed by atoms with Gasteiger partial charge in [0, 0.05) is 10.8 Å². The van der Waals surface area contributed by atoms with Gasteiger partial charge in [0.1, 0.15) is 0 Å². The van der Waals surface area contributed by atoms with E-state index in [1.807, 2.05) is 17.5 Å². The molecule has 0 saturated carbocycles. The van der Waals surface area contributed by atoms with E-state index in [1.54, 1.807) is 13.8 Å². The Morgan fingerprint density at radius 3 is 2.67 bits per heavy atom. The summed E-state index contributed by atoms with van der Waals surface area (Å²) < 4.78 is 0. The molecule has 2 N–H and O–H groups in total. The summed E-state index contributed by atoms with van der Waals surface area (Å²) in [5, 5.41) is 13.5. The molecule has 0 spiro atoms. The Balaban J connectivity index is 2.80. The highest BCUT2D eigenvalue weighted by Crippen LogP contribution is 2.25. The molecule has 1 heterocycles. The summed E-state index contributed by atoms with van der Waals surface area (Å²) in [5.41, 5.74) is -0.713. The molecule has 6 heteroatoms. The van der Waals surface area contributed by atoms with Crippen LogP contribution in [0.25, 0.3) is 0 Å². The van der Waals surface area contributed by atoms with Crippen molar-refractivity contribution in [1.29, 1.82) is 0 Å². The Kier molecular flexibility index (Phi) is 5.16. The van der Waals surface area contributed by atoms with Crippen LogP contribution in [0.4, 0.5) is 0 Å². The van der Waals surface area contributed by atoms with Gasteiger partial charge < -0.3 is 10.4 Å². The largest absolute Gasteiger partial charge is 0.481 e. The second kappa shape index (κ2) is 6.20. The zero-order valence-corrected chi connectivity index (χ0v) is 11.8. The number of hydrogen-bond donors (Lipinski definition) is 2. The summed E-state index contributed by atoms with van der Waals surface area (Å²) >= 11 is 7.15. The van der Waals surface area contributed by atoms with Crippen LogP contribution in [0.1, 0.15) is 31.2 Å². The number of carbonyl (C=O) groups is 2. The lowest BCUT2D eigenvalue weighted by Crippen LogP contribution is -2.40. The van der Waals surface area contributed by atoms with Gasteiger partial charge in [0.2, 0.25) is 5.91 Å². The van der Waals surface area contributed by atoms with E-state index in [0.29, 0.717) is 0 Å². The van der Waals surface area contributed by atoms with Crippen molar-refractivity contribution in [3.05, 3.63) is 22.4 Å². The van der Waals surface area contributed by atoms with Gasteiger partial charge in [-0.15, -0.1) is 22.9 Å². The average molecular weight is 290 g/mol. The molecule has 1 aromatic heterocycles. The maximum Gasteiger partial charge on any atom is 0.305 e. The number of hydrogen-bond acceptors (Lipinski definition) is 3. The first-order valence-electron chi connectivity index (χ1n) is 5.49. The third-order valence-electron chi connectivity index (χ3n) is 2.52. The number of thiophene rings is 1. The van der Waals surface area contributed by atoms with E-state index in [0.717, 1.165) is 4.88 Å². The number of carboxylic acid groups (broad SMARTS) is 1. The van der Waals surface area contributed by atoms with Gasteiger partial charge in [-0.2, -0.15) is 0 Å². The van der Waals surface area contributed by atoms with Crippen molar-refractivity contribution in [2.75, 3.05) is 5.88 Å². The monoisotopic (exact) mass is 289 g/mol. The van der Waals surface area contributed by atoms with Gasteiger partial charge in [0.05, 0.1) is 17.9 Å². The highest BCUT2D eigenvalue weighted by Gasteiger charge is 2.29. The molecule has 1 aromatic rings. The molecular formula is C12H16ClNO3S. The average Bonchev–Trinajstić information content (AvgIpc) is 2.80. The summed E-state index contributed by atoms with van der Waals surface area (Å²) in [5.74, 6) is -1.00. The van der Waals surface area contributed by atoms with Crippen molar-refractivity contribution in [3.8, 4) is 0 Å². The maximum atomic E-state index is 12.0. The highest BCUT2D eigenvalue weighted by molar-refractivity contribution is 7.10. The smallest absolute Gasteiger partial charge is 0.305 e. The Morgan fingerprint density at radius 2 is 2.22 bits per heavy atom. The Hall–Kier alpha value is -1.07.